The van der Waals surface area contributed by atoms with E-state index < -0.39 is 0 Å². The highest BCUT2D eigenvalue weighted by molar-refractivity contribution is 7.97. The molecule has 2 heteroatoms. The molecule has 0 bridgehead atoms. The number of rotatable bonds is 18. The van der Waals surface area contributed by atoms with Crippen LogP contribution >= 0.6 is 0 Å². The molecule has 0 spiro atoms. The van der Waals surface area contributed by atoms with Gasteiger partial charge in [-0.1, -0.05) is 121 Å². The maximum absolute atomic E-state index is 2.39. The molecule has 1 unspecified atom stereocenters. The van der Waals surface area contributed by atoms with Crippen LogP contribution in [0.3, 0.4) is 0 Å². The Labute approximate surface area is 196 Å². The van der Waals surface area contributed by atoms with E-state index >= 15 is 0 Å². The van der Waals surface area contributed by atoms with E-state index in [1.54, 1.807) is 4.90 Å². The summed E-state index contributed by atoms with van der Waals surface area (Å²) in [5.41, 5.74) is 0. The second-order valence-electron chi connectivity index (χ2n) is 8.97. The van der Waals surface area contributed by atoms with E-state index in [2.05, 4.69) is 56.3 Å². The summed E-state index contributed by atoms with van der Waals surface area (Å²) in [5.74, 6) is 2.74. The van der Waals surface area contributed by atoms with Gasteiger partial charge in [0.05, 0.1) is 0 Å². The Morgan fingerprint density at radius 1 is 0.516 bits per heavy atom. The van der Waals surface area contributed by atoms with Gasteiger partial charge in [-0.15, -0.1) is 0 Å². The predicted molar refractivity (Wildman–Crippen MR) is 142 cm³/mol. The lowest BCUT2D eigenvalue weighted by atomic mass is 10.0. The zero-order chi connectivity index (χ0) is 21.3. The Hall–Kier alpha value is -0.990. The van der Waals surface area contributed by atoms with Crippen molar-refractivity contribution in [1.29, 1.82) is 0 Å². The Bertz CT molecular complexity index is 663. The molecule has 0 saturated heterocycles. The van der Waals surface area contributed by atoms with Crippen molar-refractivity contribution in [1.82, 2.24) is 0 Å². The van der Waals surface area contributed by atoms with Gasteiger partial charge in [-0.3, -0.25) is 0 Å². The standard InChI is InChI=1S/C29H47S.H2O/c1-3-5-6-7-8-9-10-11-12-13-14-15-16-19-26-30(25-4-2)29-24-20-22-27-21-17-18-23-28(27)29;/h17-18,20-24H,3-16,19,25-26H2,1-2H3;1H2/q+1;/p-1. The molecule has 2 aromatic rings. The van der Waals surface area contributed by atoms with Crippen LogP contribution in [0.2, 0.25) is 0 Å². The number of fused-ring (bicyclic) bond motifs is 1. The average molecular weight is 445 g/mol. The Kier molecular flexibility index (Phi) is 16.8. The summed E-state index contributed by atoms with van der Waals surface area (Å²) in [6, 6.07) is 15.9. The van der Waals surface area contributed by atoms with Gasteiger partial charge in [-0.25, -0.2) is 0 Å². The molecular weight excluding hydrogens is 396 g/mol. The smallest absolute Gasteiger partial charge is 0.162 e. The van der Waals surface area contributed by atoms with E-state index in [4.69, 9.17) is 0 Å². The van der Waals surface area contributed by atoms with Gasteiger partial charge in [-0.05, 0) is 36.8 Å². The second-order valence-corrected chi connectivity index (χ2v) is 11.2. The van der Waals surface area contributed by atoms with E-state index in [1.165, 1.54) is 119 Å². The van der Waals surface area contributed by atoms with Gasteiger partial charge in [0.25, 0.3) is 0 Å². The van der Waals surface area contributed by atoms with Crippen molar-refractivity contribution < 1.29 is 5.48 Å². The molecule has 2 aromatic carbocycles. The zero-order valence-electron chi connectivity index (χ0n) is 20.4. The molecule has 1 nitrogen and oxygen atoms in total. The highest BCUT2D eigenvalue weighted by Crippen LogP contribution is 2.27. The molecule has 0 fully saturated rings. The van der Waals surface area contributed by atoms with Crippen molar-refractivity contribution in [3.8, 4) is 0 Å². The minimum Gasteiger partial charge on any atom is -0.870 e. The topological polar surface area (TPSA) is 30.0 Å². The summed E-state index contributed by atoms with van der Waals surface area (Å²) in [4.78, 5) is 1.62. The zero-order valence-corrected chi connectivity index (χ0v) is 21.2. The van der Waals surface area contributed by atoms with E-state index in [-0.39, 0.29) is 5.48 Å². The third-order valence-corrected chi connectivity index (χ3v) is 8.92. The summed E-state index contributed by atoms with van der Waals surface area (Å²) < 4.78 is 0. The van der Waals surface area contributed by atoms with Gasteiger partial charge in [0.2, 0.25) is 0 Å². The predicted octanol–water partition coefficient (Wildman–Crippen LogP) is 9.53. The Morgan fingerprint density at radius 3 is 1.61 bits per heavy atom. The lowest BCUT2D eigenvalue weighted by Crippen LogP contribution is -2.13. The Morgan fingerprint density at radius 2 is 1.03 bits per heavy atom. The van der Waals surface area contributed by atoms with Crippen molar-refractivity contribution in [2.45, 2.75) is 115 Å². The van der Waals surface area contributed by atoms with Crippen LogP contribution < -0.4 is 0 Å². The SMILES string of the molecule is CCCCCCCCCCCCCCCC[S+](CCC)c1cccc2ccccc12.[OH-]. The lowest BCUT2D eigenvalue weighted by Gasteiger charge is -2.10. The van der Waals surface area contributed by atoms with E-state index in [0.29, 0.717) is 10.9 Å². The van der Waals surface area contributed by atoms with Crippen LogP contribution in [0.5, 0.6) is 0 Å². The van der Waals surface area contributed by atoms with Crippen LogP contribution in [0.1, 0.15) is 110 Å². The normalized spacial score (nSPS) is 12.1. The molecule has 1 atom stereocenters. The molecule has 31 heavy (non-hydrogen) atoms. The molecule has 1 N–H and O–H groups in total. The van der Waals surface area contributed by atoms with Crippen LogP contribution in [0, 0.1) is 0 Å². The third kappa shape index (κ3) is 11.4. The summed E-state index contributed by atoms with van der Waals surface area (Å²) in [7, 11) is 0.421. The molecule has 0 aliphatic carbocycles. The van der Waals surface area contributed by atoms with Gasteiger partial charge < -0.3 is 5.48 Å². The summed E-state index contributed by atoms with van der Waals surface area (Å²) in [5, 5.41) is 2.90. The second kappa shape index (κ2) is 18.6. The molecular formula is C29H48OS. The largest absolute Gasteiger partial charge is 0.870 e. The lowest BCUT2D eigenvalue weighted by molar-refractivity contribution is 0.538. The first kappa shape index (κ1) is 28.0. The molecule has 0 radical (unpaired) electrons. The van der Waals surface area contributed by atoms with Crippen LogP contribution in [-0.2, 0) is 10.9 Å². The fourth-order valence-electron chi connectivity index (χ4n) is 4.49. The van der Waals surface area contributed by atoms with Crippen LogP contribution in [0.25, 0.3) is 10.8 Å². The summed E-state index contributed by atoms with van der Waals surface area (Å²) >= 11 is 0. The van der Waals surface area contributed by atoms with Gasteiger partial charge in [-0.2, -0.15) is 0 Å². The van der Waals surface area contributed by atoms with Crippen molar-refractivity contribution in [2.24, 2.45) is 0 Å². The average Bonchev–Trinajstić information content (AvgIpc) is 2.78. The first-order valence-corrected chi connectivity index (χ1v) is 14.6. The van der Waals surface area contributed by atoms with Crippen molar-refractivity contribution in [2.75, 3.05) is 11.5 Å². The molecule has 0 aromatic heterocycles. The van der Waals surface area contributed by atoms with Gasteiger partial charge in [0, 0.05) is 16.3 Å². The monoisotopic (exact) mass is 444 g/mol. The highest BCUT2D eigenvalue weighted by atomic mass is 32.2. The van der Waals surface area contributed by atoms with Crippen molar-refractivity contribution in [3.63, 3.8) is 0 Å². The number of hydrogen-bond acceptors (Lipinski definition) is 1. The summed E-state index contributed by atoms with van der Waals surface area (Å²) in [6.07, 6.45) is 21.5. The first-order chi connectivity index (χ1) is 14.9. The van der Waals surface area contributed by atoms with E-state index in [9.17, 15) is 0 Å². The van der Waals surface area contributed by atoms with Gasteiger partial charge in [0.15, 0.2) is 4.90 Å². The molecule has 0 amide bonds. The quantitative estimate of drug-likeness (QED) is 0.166. The maximum Gasteiger partial charge on any atom is 0.162 e. The molecule has 176 valence electrons. The molecule has 0 aliphatic rings. The number of hydrogen-bond donors (Lipinski definition) is 0. The fraction of sp³-hybridized carbons (Fsp3) is 0.655. The molecule has 0 aliphatic heterocycles. The van der Waals surface area contributed by atoms with Crippen molar-refractivity contribution >= 4 is 21.7 Å². The number of benzene rings is 2. The molecule has 0 saturated carbocycles. The van der Waals surface area contributed by atoms with E-state index in [0.717, 1.165) is 0 Å². The van der Waals surface area contributed by atoms with E-state index in [1.807, 2.05) is 0 Å². The van der Waals surface area contributed by atoms with Crippen molar-refractivity contribution in [3.05, 3.63) is 42.5 Å². The van der Waals surface area contributed by atoms with Gasteiger partial charge in [0.1, 0.15) is 11.5 Å². The fourth-order valence-corrected chi connectivity index (χ4v) is 6.94. The van der Waals surface area contributed by atoms with Crippen LogP contribution in [0.15, 0.2) is 47.4 Å². The third-order valence-electron chi connectivity index (χ3n) is 6.26. The molecule has 2 rings (SSSR count). The maximum atomic E-state index is 2.39. The van der Waals surface area contributed by atoms with Gasteiger partial charge >= 0.3 is 0 Å². The molecule has 0 heterocycles. The minimum absolute atomic E-state index is 0. The first-order valence-electron chi connectivity index (χ1n) is 13.0. The minimum atomic E-state index is 0. The number of unbranched alkanes of at least 4 members (excludes halogenated alkanes) is 13. The van der Waals surface area contributed by atoms with Crippen LogP contribution in [0.4, 0.5) is 0 Å². The Balaban J connectivity index is 0.00000480. The summed E-state index contributed by atoms with van der Waals surface area (Å²) in [6.45, 7) is 4.64. The van der Waals surface area contributed by atoms with Crippen LogP contribution in [-0.4, -0.2) is 17.0 Å². The highest BCUT2D eigenvalue weighted by Gasteiger charge is 2.22.